The highest BCUT2D eigenvalue weighted by Gasteiger charge is 2.54. The van der Waals surface area contributed by atoms with Gasteiger partial charge >= 0.3 is 6.18 Å². The summed E-state index contributed by atoms with van der Waals surface area (Å²) >= 11 is 0. The molecule has 0 aromatic carbocycles. The fourth-order valence-electron chi connectivity index (χ4n) is 2.91. The summed E-state index contributed by atoms with van der Waals surface area (Å²) in [6.45, 7) is 0.298. The molecule has 4 nitrogen and oxygen atoms in total. The van der Waals surface area contributed by atoms with Crippen molar-refractivity contribution < 1.29 is 23.1 Å². The van der Waals surface area contributed by atoms with Crippen molar-refractivity contribution in [3.8, 4) is 0 Å². The molecule has 0 bridgehead atoms. The third-order valence-electron chi connectivity index (χ3n) is 4.30. The Labute approximate surface area is 116 Å². The summed E-state index contributed by atoms with van der Waals surface area (Å²) in [4.78, 5) is 13.5. The van der Waals surface area contributed by atoms with E-state index in [1.165, 1.54) is 0 Å². The molecule has 20 heavy (non-hydrogen) atoms. The highest BCUT2D eigenvalue weighted by molar-refractivity contribution is 5.78. The minimum atomic E-state index is -4.59. The van der Waals surface area contributed by atoms with Crippen LogP contribution in [0.15, 0.2) is 0 Å². The van der Waals surface area contributed by atoms with Gasteiger partial charge in [0.1, 0.15) is 0 Å². The van der Waals surface area contributed by atoms with Crippen LogP contribution in [0.25, 0.3) is 0 Å². The van der Waals surface area contributed by atoms with E-state index in [1.807, 2.05) is 0 Å². The topological polar surface area (TPSA) is 52.6 Å². The molecule has 0 spiro atoms. The molecular weight excluding hydrogens is 273 g/mol. The summed E-state index contributed by atoms with van der Waals surface area (Å²) in [6.07, 6.45) is -1.12. The fourth-order valence-corrected chi connectivity index (χ4v) is 2.91. The smallest absolute Gasteiger partial charge is 0.380 e. The van der Waals surface area contributed by atoms with Gasteiger partial charge in [0.05, 0.1) is 6.54 Å². The van der Waals surface area contributed by atoms with Crippen LogP contribution in [0.5, 0.6) is 0 Å². The molecule has 0 radical (unpaired) electrons. The van der Waals surface area contributed by atoms with Crippen molar-refractivity contribution in [2.45, 2.75) is 56.3 Å². The number of amides is 1. The lowest BCUT2D eigenvalue weighted by molar-refractivity contribution is -0.272. The third kappa shape index (κ3) is 3.63. The molecule has 7 heteroatoms. The Morgan fingerprint density at radius 3 is 2.30 bits per heavy atom. The zero-order valence-corrected chi connectivity index (χ0v) is 11.4. The molecular formula is C13H21F3N2O2. The minimum Gasteiger partial charge on any atom is -0.380 e. The first-order chi connectivity index (χ1) is 9.30. The lowest BCUT2D eigenvalue weighted by Crippen LogP contribution is -2.54. The van der Waals surface area contributed by atoms with Crippen LogP contribution in [0, 0.1) is 0 Å². The Balaban J connectivity index is 1.75. The van der Waals surface area contributed by atoms with Gasteiger partial charge in [0.2, 0.25) is 5.91 Å². The molecule has 0 aromatic rings. The number of piperidine rings is 1. The molecule has 2 aliphatic rings. The van der Waals surface area contributed by atoms with Crippen LogP contribution < -0.4 is 5.32 Å². The van der Waals surface area contributed by atoms with Crippen molar-refractivity contribution in [2.75, 3.05) is 19.6 Å². The Morgan fingerprint density at radius 1 is 1.25 bits per heavy atom. The lowest BCUT2D eigenvalue weighted by atomic mass is 9.91. The molecule has 1 amide bonds. The Bertz CT molecular complexity index is 346. The predicted octanol–water partition coefficient (Wildman–Crippen LogP) is 1.43. The predicted molar refractivity (Wildman–Crippen MR) is 67.1 cm³/mol. The summed E-state index contributed by atoms with van der Waals surface area (Å²) < 4.78 is 37.9. The summed E-state index contributed by atoms with van der Waals surface area (Å²) in [6, 6.07) is 0.222. The zero-order chi connectivity index (χ0) is 14.8. The summed E-state index contributed by atoms with van der Waals surface area (Å²) in [5, 5.41) is 12.4. The SMILES string of the molecule is O=C(CN1CCC(O)(C(F)(F)F)CC1)NC1CCCC1. The van der Waals surface area contributed by atoms with E-state index in [-0.39, 0.29) is 44.4 Å². The molecule has 0 aromatic heterocycles. The highest BCUT2D eigenvalue weighted by Crippen LogP contribution is 2.38. The number of hydrogen-bond acceptors (Lipinski definition) is 3. The standard InChI is InChI=1S/C13H21F3N2O2/c14-13(15,16)12(20)5-7-18(8-6-12)9-11(19)17-10-3-1-2-4-10/h10,20H,1-9H2,(H,17,19). The Morgan fingerprint density at radius 2 is 1.80 bits per heavy atom. The first kappa shape index (κ1) is 15.6. The van der Waals surface area contributed by atoms with E-state index in [0.717, 1.165) is 25.7 Å². The number of carbonyl (C=O) groups excluding carboxylic acids is 1. The number of likely N-dealkylation sites (tertiary alicyclic amines) is 1. The van der Waals surface area contributed by atoms with Gasteiger partial charge in [-0.05, 0) is 25.7 Å². The second-order valence-electron chi connectivity index (χ2n) is 5.85. The van der Waals surface area contributed by atoms with Gasteiger partial charge in [-0.25, -0.2) is 0 Å². The number of alkyl halides is 3. The number of halogens is 3. The summed E-state index contributed by atoms with van der Waals surface area (Å²) in [7, 11) is 0. The number of carbonyl (C=O) groups is 1. The summed E-state index contributed by atoms with van der Waals surface area (Å²) in [5.41, 5.74) is -2.59. The normalized spacial score (nSPS) is 24.8. The first-order valence-electron chi connectivity index (χ1n) is 7.11. The van der Waals surface area contributed by atoms with Crippen molar-refractivity contribution in [1.82, 2.24) is 10.2 Å². The molecule has 1 heterocycles. The molecule has 1 saturated heterocycles. The molecule has 1 saturated carbocycles. The van der Waals surface area contributed by atoms with Crippen molar-refractivity contribution >= 4 is 5.91 Å². The van der Waals surface area contributed by atoms with Crippen molar-refractivity contribution in [2.24, 2.45) is 0 Å². The second-order valence-corrected chi connectivity index (χ2v) is 5.85. The number of aliphatic hydroxyl groups is 1. The van der Waals surface area contributed by atoms with Gasteiger partial charge in [-0.1, -0.05) is 12.8 Å². The van der Waals surface area contributed by atoms with Crippen LogP contribution in [0.3, 0.4) is 0 Å². The average Bonchev–Trinajstić information content (AvgIpc) is 2.83. The average molecular weight is 294 g/mol. The van der Waals surface area contributed by atoms with Crippen molar-refractivity contribution in [3.63, 3.8) is 0 Å². The maximum absolute atomic E-state index is 12.6. The van der Waals surface area contributed by atoms with Crippen LogP contribution in [0.4, 0.5) is 13.2 Å². The van der Waals surface area contributed by atoms with Crippen LogP contribution >= 0.6 is 0 Å². The van der Waals surface area contributed by atoms with Gasteiger partial charge in [-0.3, -0.25) is 9.69 Å². The quantitative estimate of drug-likeness (QED) is 0.828. The molecule has 2 fully saturated rings. The van der Waals surface area contributed by atoms with Crippen LogP contribution in [0.1, 0.15) is 38.5 Å². The maximum Gasteiger partial charge on any atom is 0.417 e. The number of nitrogens with zero attached hydrogens (tertiary/aromatic N) is 1. The van der Waals surface area contributed by atoms with E-state index in [4.69, 9.17) is 0 Å². The van der Waals surface area contributed by atoms with Gasteiger partial charge in [0.15, 0.2) is 5.60 Å². The number of hydrogen-bond donors (Lipinski definition) is 2. The summed E-state index contributed by atoms with van der Waals surface area (Å²) in [5.74, 6) is -0.130. The molecule has 2 rings (SSSR count). The van der Waals surface area contributed by atoms with Crippen LogP contribution in [0.2, 0.25) is 0 Å². The van der Waals surface area contributed by atoms with E-state index in [1.54, 1.807) is 4.90 Å². The first-order valence-corrected chi connectivity index (χ1v) is 7.11. The van der Waals surface area contributed by atoms with Crippen LogP contribution in [-0.2, 0) is 4.79 Å². The monoisotopic (exact) mass is 294 g/mol. The molecule has 116 valence electrons. The number of nitrogens with one attached hydrogen (secondary N) is 1. The van der Waals surface area contributed by atoms with E-state index < -0.39 is 11.8 Å². The van der Waals surface area contributed by atoms with Gasteiger partial charge in [-0.15, -0.1) is 0 Å². The Hall–Kier alpha value is -0.820. The zero-order valence-electron chi connectivity index (χ0n) is 11.4. The lowest BCUT2D eigenvalue weighted by Gasteiger charge is -2.38. The van der Waals surface area contributed by atoms with E-state index >= 15 is 0 Å². The van der Waals surface area contributed by atoms with Gasteiger partial charge in [0, 0.05) is 19.1 Å². The Kier molecular flexibility index (Phi) is 4.59. The van der Waals surface area contributed by atoms with Gasteiger partial charge in [-0.2, -0.15) is 13.2 Å². The molecule has 2 N–H and O–H groups in total. The number of rotatable bonds is 3. The molecule has 0 atom stereocenters. The van der Waals surface area contributed by atoms with E-state index in [0.29, 0.717) is 0 Å². The van der Waals surface area contributed by atoms with Crippen LogP contribution in [-0.4, -0.2) is 53.4 Å². The second kappa shape index (κ2) is 5.89. The largest absolute Gasteiger partial charge is 0.417 e. The van der Waals surface area contributed by atoms with Crippen molar-refractivity contribution in [3.05, 3.63) is 0 Å². The highest BCUT2D eigenvalue weighted by atomic mass is 19.4. The maximum atomic E-state index is 12.6. The fraction of sp³-hybridized carbons (Fsp3) is 0.923. The minimum absolute atomic E-state index is 0.0914. The third-order valence-corrected chi connectivity index (χ3v) is 4.30. The molecule has 0 unspecified atom stereocenters. The van der Waals surface area contributed by atoms with E-state index in [2.05, 4.69) is 5.32 Å². The van der Waals surface area contributed by atoms with E-state index in [9.17, 15) is 23.1 Å². The van der Waals surface area contributed by atoms with Gasteiger partial charge < -0.3 is 10.4 Å². The van der Waals surface area contributed by atoms with Crippen molar-refractivity contribution in [1.29, 1.82) is 0 Å². The molecule has 1 aliphatic heterocycles. The molecule has 1 aliphatic carbocycles. The van der Waals surface area contributed by atoms with Gasteiger partial charge in [0.25, 0.3) is 0 Å².